The molecule has 0 aliphatic rings. The van der Waals surface area contributed by atoms with Crippen LogP contribution in [-0.4, -0.2) is 0 Å². The highest BCUT2D eigenvalue weighted by Crippen LogP contribution is 2.46. The summed E-state index contributed by atoms with van der Waals surface area (Å²) < 4.78 is 115. The van der Waals surface area contributed by atoms with Gasteiger partial charge in [-0.25, -0.2) is 0 Å². The maximum Gasteiger partial charge on any atom is 0.0629 e. The molecule has 186 valence electrons. The smallest absolute Gasteiger partial charge is 0.0622 e. The third-order valence-corrected chi connectivity index (χ3v) is 7.38. The van der Waals surface area contributed by atoms with Crippen molar-refractivity contribution < 1.29 is 17.8 Å². The quantitative estimate of drug-likeness (QED) is 0.204. The maximum absolute atomic E-state index is 9.28. The molecule has 8 rings (SSSR count). The van der Waals surface area contributed by atoms with E-state index in [2.05, 4.69) is 6.07 Å². The molecule has 0 amide bonds. The molecule has 0 bridgehead atoms. The van der Waals surface area contributed by atoms with Gasteiger partial charge in [-0.15, -0.1) is 0 Å². The fourth-order valence-electron chi connectivity index (χ4n) is 5.66. The summed E-state index contributed by atoms with van der Waals surface area (Å²) in [5, 5.41) is 2.82. The van der Waals surface area contributed by atoms with Gasteiger partial charge in [0.15, 0.2) is 0 Å². The van der Waals surface area contributed by atoms with Crippen LogP contribution in [0.15, 0.2) is 157 Å². The Bertz CT molecular complexity index is 2820. The zero-order valence-electron chi connectivity index (χ0n) is 34.0. The van der Waals surface area contributed by atoms with Crippen molar-refractivity contribution in [2.24, 2.45) is 0 Å². The van der Waals surface area contributed by atoms with E-state index in [-0.39, 0.29) is 32.7 Å². The molecular formula is C40H26. The van der Waals surface area contributed by atoms with E-state index in [1.165, 1.54) is 0 Å². The van der Waals surface area contributed by atoms with Gasteiger partial charge in [0, 0.05) is 0 Å². The fraction of sp³-hybridized carbons (Fsp3) is 0. The molecule has 8 aromatic carbocycles. The Morgan fingerprint density at radius 1 is 0.350 bits per heavy atom. The van der Waals surface area contributed by atoms with Crippen LogP contribution in [0.5, 0.6) is 0 Å². The molecule has 0 heteroatoms. The lowest BCUT2D eigenvalue weighted by atomic mass is 9.84. The van der Waals surface area contributed by atoms with E-state index in [1.54, 1.807) is 12.1 Å². The van der Waals surface area contributed by atoms with Gasteiger partial charge in [-0.05, 0) is 82.5 Å². The molecule has 0 heterocycles. The van der Waals surface area contributed by atoms with E-state index in [0.29, 0.717) is 10.9 Å². The van der Waals surface area contributed by atoms with Crippen LogP contribution in [0.1, 0.15) is 17.8 Å². The first-order valence-electron chi connectivity index (χ1n) is 19.3. The Labute approximate surface area is 252 Å². The first kappa shape index (κ1) is 13.2. The van der Waals surface area contributed by atoms with E-state index >= 15 is 0 Å². The van der Waals surface area contributed by atoms with Gasteiger partial charge >= 0.3 is 0 Å². The van der Waals surface area contributed by atoms with Gasteiger partial charge in [0.1, 0.15) is 0 Å². The van der Waals surface area contributed by atoms with Crippen molar-refractivity contribution in [3.05, 3.63) is 157 Å². The highest BCUT2D eigenvalue weighted by Gasteiger charge is 2.18. The third-order valence-electron chi connectivity index (χ3n) is 7.38. The molecule has 40 heavy (non-hydrogen) atoms. The first-order chi connectivity index (χ1) is 25.3. The van der Waals surface area contributed by atoms with Crippen LogP contribution in [0, 0.1) is 0 Å². The predicted octanol–water partition coefficient (Wildman–Crippen LogP) is 11.3. The molecule has 0 spiro atoms. The highest BCUT2D eigenvalue weighted by atomic mass is 14.2. The van der Waals surface area contributed by atoms with Crippen molar-refractivity contribution in [2.75, 3.05) is 0 Å². The molecule has 0 unspecified atom stereocenters. The topological polar surface area (TPSA) is 0 Å². The predicted molar refractivity (Wildman–Crippen MR) is 173 cm³/mol. The van der Waals surface area contributed by atoms with Crippen LogP contribution in [0.25, 0.3) is 76.5 Å². The zero-order valence-corrected chi connectivity index (χ0v) is 21.0. The summed E-state index contributed by atoms with van der Waals surface area (Å²) in [6.45, 7) is 0. The van der Waals surface area contributed by atoms with E-state index in [0.717, 1.165) is 27.3 Å². The van der Waals surface area contributed by atoms with Crippen molar-refractivity contribution in [3.63, 3.8) is 0 Å². The Hall–Kier alpha value is -5.20. The monoisotopic (exact) mass is 519 g/mol. The minimum atomic E-state index is -0.705. The van der Waals surface area contributed by atoms with Crippen molar-refractivity contribution in [1.82, 2.24) is 0 Å². The average Bonchev–Trinajstić information content (AvgIpc) is 3.17. The summed E-state index contributed by atoms with van der Waals surface area (Å²) in [6, 6.07) is 17.0. The van der Waals surface area contributed by atoms with E-state index < -0.39 is 84.1 Å². The van der Waals surface area contributed by atoms with E-state index in [1.807, 2.05) is 60.7 Å². The molecule has 0 aliphatic carbocycles. The van der Waals surface area contributed by atoms with Gasteiger partial charge in [0.2, 0.25) is 0 Å². The van der Waals surface area contributed by atoms with E-state index in [4.69, 9.17) is 12.3 Å². The van der Waals surface area contributed by atoms with Gasteiger partial charge < -0.3 is 0 Å². The first-order valence-corrected chi connectivity index (χ1v) is 12.8. The summed E-state index contributed by atoms with van der Waals surface area (Å²) in [7, 11) is 0. The standard InChI is InChI=1S/C40H26/c1-2-13-28(14-3-1)39-35-16-6-8-18-37(35)40(38-19-9-7-17-36(38)39)34-23-11-21-32-31(20-10-22-33(32)34)30-25-24-27-12-4-5-15-29(27)26-30/h1-26H/i1D,2D,3D,6D,7D,8D,9D,13D,14D,16D,17D,18D,19D. The summed E-state index contributed by atoms with van der Waals surface area (Å²) >= 11 is 0. The molecular weight excluding hydrogens is 480 g/mol. The third kappa shape index (κ3) is 3.54. The molecule has 8 aromatic rings. The van der Waals surface area contributed by atoms with Gasteiger partial charge in [-0.1, -0.05) is 151 Å². The number of hydrogen-bond donors (Lipinski definition) is 0. The van der Waals surface area contributed by atoms with Crippen molar-refractivity contribution in [3.8, 4) is 33.4 Å². The Morgan fingerprint density at radius 3 is 1.57 bits per heavy atom. The van der Waals surface area contributed by atoms with Gasteiger partial charge in [-0.3, -0.25) is 0 Å². The normalized spacial score (nSPS) is 16.1. The fourth-order valence-corrected chi connectivity index (χ4v) is 5.66. The number of benzene rings is 8. The Kier molecular flexibility index (Phi) is 3.05. The molecule has 0 saturated heterocycles. The SMILES string of the molecule is [2H]c1c([2H])c([2H])c(-c2c3c([2H])c([2H])c([2H])c([2H])c3c(-c3cccc4c(-c5ccc6ccccc6c5)cccc34)c3c([2H])c([2H])c([2H])c([2H])c23)c([2H])c1[2H]. The Balaban J connectivity index is 1.64. The lowest BCUT2D eigenvalue weighted by Crippen LogP contribution is -1.92. The van der Waals surface area contributed by atoms with Crippen LogP contribution in [0.4, 0.5) is 0 Å². The average molecular weight is 520 g/mol. The molecule has 0 saturated carbocycles. The van der Waals surface area contributed by atoms with Gasteiger partial charge in [0.05, 0.1) is 17.8 Å². The van der Waals surface area contributed by atoms with Crippen LogP contribution in [0.3, 0.4) is 0 Å². The highest BCUT2D eigenvalue weighted by molar-refractivity contribution is 6.24. The number of hydrogen-bond acceptors (Lipinski definition) is 0. The maximum atomic E-state index is 9.28. The van der Waals surface area contributed by atoms with Crippen molar-refractivity contribution in [1.29, 1.82) is 0 Å². The summed E-state index contributed by atoms with van der Waals surface area (Å²) in [5.41, 5.74) is 1.56. The molecule has 0 radical (unpaired) electrons. The molecule has 0 atom stereocenters. The Morgan fingerprint density at radius 2 is 0.900 bits per heavy atom. The van der Waals surface area contributed by atoms with Crippen molar-refractivity contribution >= 4 is 43.1 Å². The molecule has 0 nitrogen and oxygen atoms in total. The second-order valence-electron chi connectivity index (χ2n) is 9.52. The second-order valence-corrected chi connectivity index (χ2v) is 9.52. The summed E-state index contributed by atoms with van der Waals surface area (Å²) in [5.74, 6) is 0. The van der Waals surface area contributed by atoms with Crippen LogP contribution in [-0.2, 0) is 0 Å². The van der Waals surface area contributed by atoms with Crippen molar-refractivity contribution in [2.45, 2.75) is 0 Å². The van der Waals surface area contributed by atoms with Crippen LogP contribution >= 0.6 is 0 Å². The zero-order chi connectivity index (χ0) is 37.8. The summed E-state index contributed by atoms with van der Waals surface area (Å²) in [6.07, 6.45) is 0. The minimum Gasteiger partial charge on any atom is -0.0622 e. The second kappa shape index (κ2) is 9.22. The van der Waals surface area contributed by atoms with Gasteiger partial charge in [-0.2, -0.15) is 0 Å². The largest absolute Gasteiger partial charge is 0.0629 e. The molecule has 0 aliphatic heterocycles. The van der Waals surface area contributed by atoms with E-state index in [9.17, 15) is 5.48 Å². The number of rotatable bonds is 3. The molecule has 0 aromatic heterocycles. The molecule has 0 fully saturated rings. The number of fused-ring (bicyclic) bond motifs is 4. The van der Waals surface area contributed by atoms with Crippen LogP contribution in [0.2, 0.25) is 0 Å². The summed E-state index contributed by atoms with van der Waals surface area (Å²) in [4.78, 5) is 0. The molecule has 0 N–H and O–H groups in total. The van der Waals surface area contributed by atoms with Crippen LogP contribution < -0.4 is 0 Å². The lowest BCUT2D eigenvalue weighted by Gasteiger charge is -2.19. The lowest BCUT2D eigenvalue weighted by molar-refractivity contribution is 1.65. The van der Waals surface area contributed by atoms with Gasteiger partial charge in [0.25, 0.3) is 0 Å². The minimum absolute atomic E-state index is 0.103.